The Labute approximate surface area is 152 Å². The molecule has 3 nitrogen and oxygen atoms in total. The van der Waals surface area contributed by atoms with E-state index in [2.05, 4.69) is 4.90 Å². The molecule has 5 heteroatoms. The summed E-state index contributed by atoms with van der Waals surface area (Å²) in [6.45, 7) is 5.96. The first kappa shape index (κ1) is 17.3. The maximum atomic E-state index is 12.5. The molecule has 0 N–H and O–H groups in total. The Bertz CT molecular complexity index is 723. The zero-order valence-corrected chi connectivity index (χ0v) is 15.1. The predicted octanol–water partition coefficient (Wildman–Crippen LogP) is 4.26. The molecule has 0 bridgehead atoms. The van der Waals surface area contributed by atoms with Crippen LogP contribution in [0.15, 0.2) is 42.5 Å². The largest absolute Gasteiger partial charge is 0.336 e. The molecule has 1 aliphatic rings. The van der Waals surface area contributed by atoms with Gasteiger partial charge in [0.25, 0.3) is 5.91 Å². The summed E-state index contributed by atoms with van der Waals surface area (Å²) in [5.74, 6) is 0.110. The van der Waals surface area contributed by atoms with E-state index in [0.717, 1.165) is 49.4 Å². The number of hydrogen-bond acceptors (Lipinski definition) is 2. The van der Waals surface area contributed by atoms with E-state index in [0.29, 0.717) is 10.0 Å². The topological polar surface area (TPSA) is 23.6 Å². The number of rotatable bonds is 3. The van der Waals surface area contributed by atoms with Gasteiger partial charge in [0.15, 0.2) is 0 Å². The van der Waals surface area contributed by atoms with Crippen LogP contribution in [-0.4, -0.2) is 41.9 Å². The van der Waals surface area contributed by atoms with Gasteiger partial charge in [-0.15, -0.1) is 0 Å². The van der Waals surface area contributed by atoms with Gasteiger partial charge < -0.3 is 4.90 Å². The van der Waals surface area contributed by atoms with Crippen molar-refractivity contribution in [3.63, 3.8) is 0 Å². The molecule has 0 atom stereocenters. The molecular weight excluding hydrogens is 343 g/mol. The maximum Gasteiger partial charge on any atom is 0.253 e. The minimum Gasteiger partial charge on any atom is -0.336 e. The van der Waals surface area contributed by atoms with Crippen LogP contribution >= 0.6 is 23.2 Å². The van der Waals surface area contributed by atoms with Crippen molar-refractivity contribution in [2.45, 2.75) is 13.5 Å². The Hall–Kier alpha value is -1.55. The zero-order valence-electron chi connectivity index (χ0n) is 13.6. The quantitative estimate of drug-likeness (QED) is 0.814. The molecule has 126 valence electrons. The highest BCUT2D eigenvalue weighted by Gasteiger charge is 2.22. The van der Waals surface area contributed by atoms with Crippen LogP contribution in [0.5, 0.6) is 0 Å². The number of benzene rings is 2. The summed E-state index contributed by atoms with van der Waals surface area (Å²) in [6, 6.07) is 13.4. The monoisotopic (exact) mass is 362 g/mol. The van der Waals surface area contributed by atoms with Crippen molar-refractivity contribution in [2.75, 3.05) is 26.2 Å². The molecule has 1 heterocycles. The first-order chi connectivity index (χ1) is 11.5. The van der Waals surface area contributed by atoms with Gasteiger partial charge in [-0.05, 0) is 36.8 Å². The van der Waals surface area contributed by atoms with Gasteiger partial charge in [-0.1, -0.05) is 47.0 Å². The third-order valence-electron chi connectivity index (χ3n) is 4.37. The summed E-state index contributed by atoms with van der Waals surface area (Å²) >= 11 is 12.2. The molecule has 0 radical (unpaired) electrons. The van der Waals surface area contributed by atoms with Crippen molar-refractivity contribution in [1.29, 1.82) is 0 Å². The van der Waals surface area contributed by atoms with Gasteiger partial charge >= 0.3 is 0 Å². The number of piperazine rings is 1. The van der Waals surface area contributed by atoms with Crippen molar-refractivity contribution in [3.8, 4) is 0 Å². The van der Waals surface area contributed by atoms with Crippen molar-refractivity contribution < 1.29 is 4.79 Å². The van der Waals surface area contributed by atoms with Crippen molar-refractivity contribution in [3.05, 3.63) is 69.2 Å². The molecule has 0 aliphatic carbocycles. The van der Waals surface area contributed by atoms with Crippen LogP contribution in [0.3, 0.4) is 0 Å². The standard InChI is InChI=1S/C19H20Cl2N2O/c1-14-2-4-15(5-3-14)19(24)23-10-8-22(9-11-23)13-16-6-7-17(20)12-18(16)21/h2-7,12H,8-11,13H2,1H3. The summed E-state index contributed by atoms with van der Waals surface area (Å²) in [5, 5.41) is 1.35. The van der Waals surface area contributed by atoms with E-state index < -0.39 is 0 Å². The van der Waals surface area contributed by atoms with E-state index in [9.17, 15) is 4.79 Å². The Kier molecular flexibility index (Phi) is 5.44. The Morgan fingerprint density at radius 3 is 2.29 bits per heavy atom. The van der Waals surface area contributed by atoms with Crippen LogP contribution in [0.2, 0.25) is 10.0 Å². The first-order valence-electron chi connectivity index (χ1n) is 8.05. The van der Waals surface area contributed by atoms with Crippen LogP contribution in [0.1, 0.15) is 21.5 Å². The van der Waals surface area contributed by atoms with Crippen LogP contribution < -0.4 is 0 Å². The number of carbonyl (C=O) groups is 1. The van der Waals surface area contributed by atoms with Crippen LogP contribution in [0, 0.1) is 6.92 Å². The van der Waals surface area contributed by atoms with Gasteiger partial charge in [-0.25, -0.2) is 0 Å². The summed E-state index contributed by atoms with van der Waals surface area (Å²) in [7, 11) is 0. The van der Waals surface area contributed by atoms with E-state index in [1.54, 1.807) is 6.07 Å². The number of carbonyl (C=O) groups excluding carboxylic acids is 1. The highest BCUT2D eigenvalue weighted by atomic mass is 35.5. The summed E-state index contributed by atoms with van der Waals surface area (Å²) in [6.07, 6.45) is 0. The van der Waals surface area contributed by atoms with E-state index in [4.69, 9.17) is 23.2 Å². The third kappa shape index (κ3) is 4.10. The number of hydrogen-bond donors (Lipinski definition) is 0. The Balaban J connectivity index is 1.57. The zero-order chi connectivity index (χ0) is 17.1. The van der Waals surface area contributed by atoms with Gasteiger partial charge in [-0.2, -0.15) is 0 Å². The summed E-state index contributed by atoms with van der Waals surface area (Å²) in [4.78, 5) is 16.8. The minimum atomic E-state index is 0.110. The van der Waals surface area contributed by atoms with E-state index in [1.165, 1.54) is 0 Å². The predicted molar refractivity (Wildman–Crippen MR) is 98.8 cm³/mol. The molecule has 1 saturated heterocycles. The third-order valence-corrected chi connectivity index (χ3v) is 4.95. The molecule has 1 amide bonds. The van der Waals surface area contributed by atoms with Crippen molar-refractivity contribution in [1.82, 2.24) is 9.80 Å². The minimum absolute atomic E-state index is 0.110. The fourth-order valence-electron chi connectivity index (χ4n) is 2.88. The number of aryl methyl sites for hydroxylation is 1. The number of nitrogens with zero attached hydrogens (tertiary/aromatic N) is 2. The normalized spacial score (nSPS) is 15.5. The molecule has 0 aromatic heterocycles. The maximum absolute atomic E-state index is 12.5. The number of amides is 1. The summed E-state index contributed by atoms with van der Waals surface area (Å²) in [5.41, 5.74) is 2.99. The lowest BCUT2D eigenvalue weighted by Crippen LogP contribution is -2.48. The fraction of sp³-hybridized carbons (Fsp3) is 0.316. The highest BCUT2D eigenvalue weighted by Crippen LogP contribution is 2.23. The van der Waals surface area contributed by atoms with Gasteiger partial charge in [0.05, 0.1) is 0 Å². The van der Waals surface area contributed by atoms with E-state index in [1.807, 2.05) is 48.2 Å². The van der Waals surface area contributed by atoms with Crippen LogP contribution in [0.4, 0.5) is 0 Å². The molecule has 1 aliphatic heterocycles. The molecule has 24 heavy (non-hydrogen) atoms. The molecule has 1 fully saturated rings. The van der Waals surface area contributed by atoms with Crippen LogP contribution in [-0.2, 0) is 6.54 Å². The fourth-order valence-corrected chi connectivity index (χ4v) is 3.35. The molecule has 0 saturated carbocycles. The van der Waals surface area contributed by atoms with Gasteiger partial charge in [0, 0.05) is 48.3 Å². The van der Waals surface area contributed by atoms with Crippen molar-refractivity contribution in [2.24, 2.45) is 0 Å². The lowest BCUT2D eigenvalue weighted by molar-refractivity contribution is 0.0628. The highest BCUT2D eigenvalue weighted by molar-refractivity contribution is 6.35. The Morgan fingerprint density at radius 1 is 1.00 bits per heavy atom. The molecule has 3 rings (SSSR count). The lowest BCUT2D eigenvalue weighted by atomic mass is 10.1. The summed E-state index contributed by atoms with van der Waals surface area (Å²) < 4.78 is 0. The second-order valence-corrected chi connectivity index (χ2v) is 7.01. The van der Waals surface area contributed by atoms with E-state index in [-0.39, 0.29) is 5.91 Å². The average Bonchev–Trinajstić information content (AvgIpc) is 2.58. The van der Waals surface area contributed by atoms with E-state index >= 15 is 0 Å². The van der Waals surface area contributed by atoms with Gasteiger partial charge in [-0.3, -0.25) is 9.69 Å². The average molecular weight is 363 g/mol. The molecule has 2 aromatic rings. The van der Waals surface area contributed by atoms with Gasteiger partial charge in [0.1, 0.15) is 0 Å². The second-order valence-electron chi connectivity index (χ2n) is 6.17. The Morgan fingerprint density at radius 2 is 1.67 bits per heavy atom. The molecule has 2 aromatic carbocycles. The van der Waals surface area contributed by atoms with Gasteiger partial charge in [0.2, 0.25) is 0 Å². The van der Waals surface area contributed by atoms with Crippen LogP contribution in [0.25, 0.3) is 0 Å². The van der Waals surface area contributed by atoms with Crippen molar-refractivity contribution >= 4 is 29.1 Å². The lowest BCUT2D eigenvalue weighted by Gasteiger charge is -2.35. The molecule has 0 unspecified atom stereocenters. The second kappa shape index (κ2) is 7.56. The smallest absolute Gasteiger partial charge is 0.253 e. The first-order valence-corrected chi connectivity index (χ1v) is 8.81. The molecule has 0 spiro atoms. The SMILES string of the molecule is Cc1ccc(C(=O)N2CCN(Cc3ccc(Cl)cc3Cl)CC2)cc1. The number of halogens is 2. The molecular formula is C19H20Cl2N2O.